The number of ether oxygens (including phenoxy) is 2. The van der Waals surface area contributed by atoms with Gasteiger partial charge in [-0.3, -0.25) is 9.59 Å². The highest BCUT2D eigenvalue weighted by molar-refractivity contribution is 8.16. The lowest BCUT2D eigenvalue weighted by atomic mass is 10.2. The van der Waals surface area contributed by atoms with Gasteiger partial charge in [-0.1, -0.05) is 57.0 Å². The monoisotopic (exact) mass is 384 g/mol. The largest absolute Gasteiger partial charge is 0.465 e. The van der Waals surface area contributed by atoms with Crippen molar-refractivity contribution in [3.63, 3.8) is 0 Å². The van der Waals surface area contributed by atoms with Crippen LogP contribution < -0.4 is 0 Å². The molecule has 0 aliphatic heterocycles. The van der Waals surface area contributed by atoms with Gasteiger partial charge in [-0.25, -0.2) is 0 Å². The van der Waals surface area contributed by atoms with Crippen LogP contribution in [0.2, 0.25) is 0 Å². The lowest BCUT2D eigenvalue weighted by molar-refractivity contribution is -0.141. The van der Waals surface area contributed by atoms with Gasteiger partial charge in [0.1, 0.15) is 0 Å². The van der Waals surface area contributed by atoms with Crippen LogP contribution in [0.4, 0.5) is 0 Å². The number of benzene rings is 1. The second-order valence-corrected chi connectivity index (χ2v) is 8.00. The number of rotatable bonds is 13. The fourth-order valence-electron chi connectivity index (χ4n) is 1.88. The van der Waals surface area contributed by atoms with Gasteiger partial charge in [0.25, 0.3) is 0 Å². The van der Waals surface area contributed by atoms with Crippen molar-refractivity contribution in [3.05, 3.63) is 35.9 Å². The summed E-state index contributed by atoms with van der Waals surface area (Å²) < 4.78 is 10.4. The Morgan fingerprint density at radius 2 is 1.36 bits per heavy atom. The zero-order valence-electron chi connectivity index (χ0n) is 15.1. The van der Waals surface area contributed by atoms with Crippen LogP contribution >= 0.6 is 23.5 Å². The van der Waals surface area contributed by atoms with Crippen LogP contribution in [0, 0.1) is 0 Å². The first-order valence-electron chi connectivity index (χ1n) is 8.76. The van der Waals surface area contributed by atoms with Gasteiger partial charge in [0.05, 0.1) is 29.3 Å². The Kier molecular flexibility index (Phi) is 12.3. The van der Waals surface area contributed by atoms with Crippen LogP contribution in [0.5, 0.6) is 0 Å². The third-order valence-corrected chi connectivity index (χ3v) is 6.07. The fraction of sp³-hybridized carbons (Fsp3) is 0.579. The van der Waals surface area contributed by atoms with E-state index in [9.17, 15) is 9.59 Å². The summed E-state index contributed by atoms with van der Waals surface area (Å²) in [7, 11) is 0. The summed E-state index contributed by atoms with van der Waals surface area (Å²) in [4.78, 5) is 23.6. The number of hydrogen-bond donors (Lipinski definition) is 0. The van der Waals surface area contributed by atoms with Crippen molar-refractivity contribution in [2.24, 2.45) is 0 Å². The lowest BCUT2D eigenvalue weighted by Gasteiger charge is -2.16. The minimum Gasteiger partial charge on any atom is -0.465 e. The average molecular weight is 385 g/mol. The van der Waals surface area contributed by atoms with Crippen molar-refractivity contribution >= 4 is 35.5 Å². The van der Waals surface area contributed by atoms with Crippen LogP contribution in [0.3, 0.4) is 0 Å². The van der Waals surface area contributed by atoms with E-state index in [1.165, 1.54) is 23.5 Å². The second kappa shape index (κ2) is 14.1. The molecular weight excluding hydrogens is 356 g/mol. The van der Waals surface area contributed by atoms with E-state index < -0.39 is 0 Å². The van der Waals surface area contributed by atoms with Crippen molar-refractivity contribution in [2.45, 2.75) is 44.1 Å². The summed E-state index contributed by atoms with van der Waals surface area (Å²) in [6.45, 7) is 5.07. The molecule has 1 rings (SSSR count). The van der Waals surface area contributed by atoms with E-state index in [4.69, 9.17) is 9.47 Å². The number of carbonyl (C=O) groups excluding carboxylic acids is 2. The molecule has 6 heteroatoms. The predicted molar refractivity (Wildman–Crippen MR) is 106 cm³/mol. The number of thioether (sulfide) groups is 2. The molecule has 0 aromatic heterocycles. The molecule has 0 N–H and O–H groups in total. The van der Waals surface area contributed by atoms with E-state index >= 15 is 0 Å². The number of unbranched alkanes of at least 4 members (excludes halogenated alkanes) is 2. The van der Waals surface area contributed by atoms with Crippen LogP contribution in [0.25, 0.3) is 0 Å². The second-order valence-electron chi connectivity index (χ2n) is 5.51. The van der Waals surface area contributed by atoms with E-state index in [0.29, 0.717) is 13.2 Å². The maximum atomic E-state index is 11.8. The van der Waals surface area contributed by atoms with Crippen molar-refractivity contribution in [1.82, 2.24) is 0 Å². The quantitative estimate of drug-likeness (QED) is 0.276. The Morgan fingerprint density at radius 3 is 1.80 bits per heavy atom. The van der Waals surface area contributed by atoms with Crippen LogP contribution in [0.15, 0.2) is 30.3 Å². The van der Waals surface area contributed by atoms with Gasteiger partial charge in [0.2, 0.25) is 0 Å². The number of hydrogen-bond acceptors (Lipinski definition) is 6. The summed E-state index contributed by atoms with van der Waals surface area (Å²) in [5.74, 6) is 0.151. The minimum absolute atomic E-state index is 0.00125. The molecule has 0 atom stereocenters. The molecule has 0 aliphatic rings. The van der Waals surface area contributed by atoms with Gasteiger partial charge in [-0.05, 0) is 18.4 Å². The van der Waals surface area contributed by atoms with E-state index in [0.717, 1.165) is 31.2 Å². The maximum Gasteiger partial charge on any atom is 0.315 e. The molecule has 0 saturated heterocycles. The predicted octanol–water partition coefficient (Wildman–Crippen LogP) is 4.84. The topological polar surface area (TPSA) is 52.6 Å². The first kappa shape index (κ1) is 21.9. The highest BCUT2D eigenvalue weighted by Gasteiger charge is 2.17. The highest BCUT2D eigenvalue weighted by Crippen LogP contribution is 2.39. The molecule has 1 aromatic rings. The molecule has 0 saturated carbocycles. The number of esters is 2. The zero-order chi connectivity index (χ0) is 18.3. The summed E-state index contributed by atoms with van der Waals surface area (Å²) in [6, 6.07) is 9.89. The van der Waals surface area contributed by atoms with Gasteiger partial charge in [-0.2, -0.15) is 0 Å². The summed E-state index contributed by atoms with van der Waals surface area (Å²) in [5.41, 5.74) is 1.08. The smallest absolute Gasteiger partial charge is 0.315 e. The van der Waals surface area contributed by atoms with Gasteiger partial charge in [0.15, 0.2) is 0 Å². The molecule has 25 heavy (non-hydrogen) atoms. The molecule has 0 radical (unpaired) electrons. The van der Waals surface area contributed by atoms with Crippen LogP contribution in [-0.4, -0.2) is 36.7 Å². The molecule has 0 unspecified atom stereocenters. The van der Waals surface area contributed by atoms with E-state index in [1.54, 1.807) is 0 Å². The molecule has 4 nitrogen and oxygen atoms in total. The highest BCUT2D eigenvalue weighted by atomic mass is 32.2. The number of carbonyl (C=O) groups is 2. The van der Waals surface area contributed by atoms with Crippen molar-refractivity contribution in [3.8, 4) is 0 Å². The normalized spacial score (nSPS) is 10.7. The Balaban J connectivity index is 2.47. The molecule has 0 spiro atoms. The van der Waals surface area contributed by atoms with Gasteiger partial charge >= 0.3 is 11.9 Å². The van der Waals surface area contributed by atoms with Crippen LogP contribution in [-0.2, 0) is 19.1 Å². The Morgan fingerprint density at radius 1 is 0.880 bits per heavy atom. The first-order valence-corrected chi connectivity index (χ1v) is 10.9. The molecular formula is C19H28O4S2. The summed E-state index contributed by atoms with van der Waals surface area (Å²) >= 11 is 2.98. The third kappa shape index (κ3) is 10.4. The molecule has 1 aromatic carbocycles. The van der Waals surface area contributed by atoms with Crippen molar-refractivity contribution in [1.29, 1.82) is 0 Å². The Hall–Kier alpha value is -1.14. The standard InChI is InChI=1S/C19H28O4S2/c1-3-5-12-22-17(20)14-24-19(16-10-8-7-9-11-16)25-15-18(21)23-13-6-4-2/h7-11,19H,3-6,12-15H2,1-2H3. The molecule has 0 fully saturated rings. The minimum atomic E-state index is -0.203. The molecule has 0 aliphatic carbocycles. The van der Waals surface area contributed by atoms with Crippen LogP contribution in [0.1, 0.15) is 49.7 Å². The van der Waals surface area contributed by atoms with Crippen molar-refractivity contribution in [2.75, 3.05) is 24.7 Å². The molecule has 0 amide bonds. The zero-order valence-corrected chi connectivity index (χ0v) is 16.7. The molecule has 140 valence electrons. The SMILES string of the molecule is CCCCOC(=O)CSC(SCC(=O)OCCCC)c1ccccc1. The van der Waals surface area contributed by atoms with E-state index in [2.05, 4.69) is 13.8 Å². The molecule has 0 heterocycles. The first-order chi connectivity index (χ1) is 12.2. The van der Waals surface area contributed by atoms with Gasteiger partial charge in [-0.15, -0.1) is 23.5 Å². The fourth-order valence-corrected chi connectivity index (χ4v) is 4.12. The third-order valence-electron chi connectivity index (χ3n) is 3.30. The summed E-state index contributed by atoms with van der Waals surface area (Å²) in [6.07, 6.45) is 3.78. The summed E-state index contributed by atoms with van der Waals surface area (Å²) in [5, 5.41) is 0. The van der Waals surface area contributed by atoms with Gasteiger partial charge < -0.3 is 9.47 Å². The average Bonchev–Trinajstić information content (AvgIpc) is 2.63. The van der Waals surface area contributed by atoms with E-state index in [-0.39, 0.29) is 28.0 Å². The molecule has 0 bridgehead atoms. The maximum absolute atomic E-state index is 11.8. The van der Waals surface area contributed by atoms with Gasteiger partial charge in [0, 0.05) is 0 Å². The van der Waals surface area contributed by atoms with E-state index in [1.807, 2.05) is 30.3 Å². The lowest BCUT2D eigenvalue weighted by Crippen LogP contribution is -2.11. The van der Waals surface area contributed by atoms with Crippen molar-refractivity contribution < 1.29 is 19.1 Å². The Labute approximate surface area is 159 Å². The Bertz CT molecular complexity index is 467.